The van der Waals surface area contributed by atoms with Crippen LogP contribution in [0.1, 0.15) is 18.9 Å². The number of anilines is 1. The second kappa shape index (κ2) is 12.0. The van der Waals surface area contributed by atoms with E-state index in [2.05, 4.69) is 67.7 Å². The first kappa shape index (κ1) is 21.0. The summed E-state index contributed by atoms with van der Waals surface area (Å²) in [7, 11) is 0. The predicted molar refractivity (Wildman–Crippen MR) is 119 cm³/mol. The summed E-state index contributed by atoms with van der Waals surface area (Å²) >= 11 is 0. The Morgan fingerprint density at radius 2 is 1.76 bits per heavy atom. The zero-order chi connectivity index (χ0) is 20.2. The number of aromatic nitrogens is 2. The van der Waals surface area contributed by atoms with Gasteiger partial charge in [0, 0.05) is 64.8 Å². The van der Waals surface area contributed by atoms with Gasteiger partial charge in [0.05, 0.1) is 0 Å². The minimum atomic E-state index is 0.836. The van der Waals surface area contributed by atoms with E-state index in [1.807, 2.05) is 18.5 Å². The average molecular weight is 396 g/mol. The van der Waals surface area contributed by atoms with Crippen molar-refractivity contribution in [2.45, 2.75) is 19.8 Å². The highest BCUT2D eigenvalue weighted by Crippen LogP contribution is 2.09. The Morgan fingerprint density at radius 3 is 2.48 bits per heavy atom. The highest BCUT2D eigenvalue weighted by Gasteiger charge is 2.18. The summed E-state index contributed by atoms with van der Waals surface area (Å²) in [5, 5.41) is 6.77. The number of nitrogens with zero attached hydrogens (tertiary/aromatic N) is 5. The minimum absolute atomic E-state index is 0.836. The Hall–Kier alpha value is -2.67. The van der Waals surface area contributed by atoms with Crippen LogP contribution >= 0.6 is 0 Å². The largest absolute Gasteiger partial charge is 0.357 e. The highest BCUT2D eigenvalue weighted by molar-refractivity contribution is 5.79. The molecule has 1 aromatic carbocycles. The van der Waals surface area contributed by atoms with Gasteiger partial charge in [0.1, 0.15) is 0 Å². The Bertz CT molecular complexity index is 712. The number of hydrogen-bond donors (Lipinski definition) is 2. The van der Waals surface area contributed by atoms with Crippen LogP contribution in [0.4, 0.5) is 5.95 Å². The maximum Gasteiger partial charge on any atom is 0.225 e. The lowest BCUT2D eigenvalue weighted by Crippen LogP contribution is -2.47. The molecule has 7 heteroatoms. The fraction of sp³-hybridized carbons (Fsp3) is 0.500. The fourth-order valence-corrected chi connectivity index (χ4v) is 3.42. The normalized spacial score (nSPS) is 15.3. The molecular formula is C22H33N7. The molecule has 3 rings (SSSR count). The number of piperazine rings is 1. The van der Waals surface area contributed by atoms with Gasteiger partial charge in [-0.05, 0) is 31.4 Å². The van der Waals surface area contributed by atoms with Crippen LogP contribution in [0.15, 0.2) is 53.8 Å². The van der Waals surface area contributed by atoms with E-state index in [0.29, 0.717) is 0 Å². The maximum absolute atomic E-state index is 4.73. The van der Waals surface area contributed by atoms with Crippen molar-refractivity contribution in [2.75, 3.05) is 57.3 Å². The molecule has 0 radical (unpaired) electrons. The number of hydrogen-bond acceptors (Lipinski definition) is 5. The Kier molecular flexibility index (Phi) is 8.72. The summed E-state index contributed by atoms with van der Waals surface area (Å²) in [4.78, 5) is 18.2. The molecule has 7 nitrogen and oxygen atoms in total. The minimum Gasteiger partial charge on any atom is -0.357 e. The van der Waals surface area contributed by atoms with Crippen LogP contribution < -0.4 is 15.5 Å². The van der Waals surface area contributed by atoms with Gasteiger partial charge in [0.2, 0.25) is 5.95 Å². The number of aliphatic imine (C=N–C) groups is 1. The zero-order valence-electron chi connectivity index (χ0n) is 17.4. The van der Waals surface area contributed by atoms with Gasteiger partial charge >= 0.3 is 0 Å². The molecule has 0 aliphatic carbocycles. The molecule has 0 amide bonds. The van der Waals surface area contributed by atoms with E-state index in [1.54, 1.807) is 0 Å². The van der Waals surface area contributed by atoms with E-state index < -0.39 is 0 Å². The third kappa shape index (κ3) is 7.34. The summed E-state index contributed by atoms with van der Waals surface area (Å²) in [6, 6.07) is 12.4. The molecule has 2 heterocycles. The molecule has 1 aromatic heterocycles. The molecule has 0 spiro atoms. The van der Waals surface area contributed by atoms with E-state index >= 15 is 0 Å². The number of nitrogens with one attached hydrogen (secondary N) is 2. The third-order valence-electron chi connectivity index (χ3n) is 5.00. The molecule has 0 saturated carbocycles. The van der Waals surface area contributed by atoms with Gasteiger partial charge in [0.25, 0.3) is 0 Å². The first-order chi connectivity index (χ1) is 14.3. The lowest BCUT2D eigenvalue weighted by Gasteiger charge is -2.34. The van der Waals surface area contributed by atoms with Crippen molar-refractivity contribution in [2.24, 2.45) is 4.99 Å². The van der Waals surface area contributed by atoms with E-state index in [4.69, 9.17) is 4.99 Å². The molecule has 1 saturated heterocycles. The first-order valence-corrected chi connectivity index (χ1v) is 10.7. The molecule has 1 fully saturated rings. The number of benzene rings is 1. The number of rotatable bonds is 9. The Morgan fingerprint density at radius 1 is 1.00 bits per heavy atom. The van der Waals surface area contributed by atoms with Crippen LogP contribution in [0.3, 0.4) is 0 Å². The third-order valence-corrected chi connectivity index (χ3v) is 5.00. The molecule has 1 aliphatic heterocycles. The van der Waals surface area contributed by atoms with Crippen molar-refractivity contribution in [3.8, 4) is 0 Å². The van der Waals surface area contributed by atoms with Gasteiger partial charge in [-0.3, -0.25) is 9.89 Å². The lowest BCUT2D eigenvalue weighted by molar-refractivity contribution is 0.255. The van der Waals surface area contributed by atoms with E-state index in [9.17, 15) is 0 Å². The van der Waals surface area contributed by atoms with Gasteiger partial charge in [-0.15, -0.1) is 0 Å². The molecule has 0 bridgehead atoms. The molecular weight excluding hydrogens is 362 g/mol. The van der Waals surface area contributed by atoms with Crippen molar-refractivity contribution in [3.05, 3.63) is 54.4 Å². The van der Waals surface area contributed by atoms with Gasteiger partial charge < -0.3 is 15.5 Å². The van der Waals surface area contributed by atoms with E-state index in [0.717, 1.165) is 77.1 Å². The molecule has 0 atom stereocenters. The topological polar surface area (TPSA) is 68.7 Å². The van der Waals surface area contributed by atoms with Crippen LogP contribution in [-0.2, 0) is 6.42 Å². The van der Waals surface area contributed by atoms with Crippen LogP contribution in [0, 0.1) is 0 Å². The van der Waals surface area contributed by atoms with E-state index in [1.165, 1.54) is 5.56 Å². The summed E-state index contributed by atoms with van der Waals surface area (Å²) in [5.41, 5.74) is 1.34. The van der Waals surface area contributed by atoms with Crippen LogP contribution in [0.25, 0.3) is 0 Å². The molecule has 0 unspecified atom stereocenters. The van der Waals surface area contributed by atoms with Crippen molar-refractivity contribution < 1.29 is 0 Å². The summed E-state index contributed by atoms with van der Waals surface area (Å²) in [6.07, 6.45) is 5.68. The van der Waals surface area contributed by atoms with Crippen molar-refractivity contribution in [1.82, 2.24) is 25.5 Å². The molecule has 29 heavy (non-hydrogen) atoms. The van der Waals surface area contributed by atoms with Gasteiger partial charge in [0.15, 0.2) is 5.96 Å². The molecule has 156 valence electrons. The molecule has 2 N–H and O–H groups in total. The van der Waals surface area contributed by atoms with Crippen LogP contribution in [-0.4, -0.2) is 73.2 Å². The fourth-order valence-electron chi connectivity index (χ4n) is 3.42. The Labute approximate surface area is 174 Å². The molecule has 2 aromatic rings. The van der Waals surface area contributed by atoms with Crippen LogP contribution in [0.2, 0.25) is 0 Å². The van der Waals surface area contributed by atoms with Crippen LogP contribution in [0.5, 0.6) is 0 Å². The lowest BCUT2D eigenvalue weighted by atomic mass is 10.1. The van der Waals surface area contributed by atoms with E-state index in [-0.39, 0.29) is 0 Å². The standard InChI is InChI=1S/C22H33N7/c1-2-23-21(25-14-10-20-8-4-3-5-9-20)24-13-7-15-28-16-18-29(19-17-28)22-26-11-6-12-27-22/h3-6,8-9,11-12H,2,7,10,13-19H2,1H3,(H2,23,24,25). The second-order valence-electron chi connectivity index (χ2n) is 7.15. The predicted octanol–water partition coefficient (Wildman–Crippen LogP) is 1.79. The van der Waals surface area contributed by atoms with Gasteiger partial charge in [-0.2, -0.15) is 0 Å². The quantitative estimate of drug-likeness (QED) is 0.383. The van der Waals surface area contributed by atoms with Crippen molar-refractivity contribution in [1.29, 1.82) is 0 Å². The monoisotopic (exact) mass is 395 g/mol. The first-order valence-electron chi connectivity index (χ1n) is 10.7. The average Bonchev–Trinajstić information content (AvgIpc) is 2.78. The summed E-state index contributed by atoms with van der Waals surface area (Å²) < 4.78 is 0. The number of guanidine groups is 1. The van der Waals surface area contributed by atoms with Gasteiger partial charge in [-0.25, -0.2) is 9.97 Å². The zero-order valence-corrected chi connectivity index (χ0v) is 17.4. The summed E-state index contributed by atoms with van der Waals surface area (Å²) in [5.74, 6) is 1.75. The highest BCUT2D eigenvalue weighted by atomic mass is 15.3. The van der Waals surface area contributed by atoms with Crippen molar-refractivity contribution >= 4 is 11.9 Å². The Balaban J connectivity index is 1.33. The van der Waals surface area contributed by atoms with Crippen molar-refractivity contribution in [3.63, 3.8) is 0 Å². The second-order valence-corrected chi connectivity index (χ2v) is 7.15. The summed E-state index contributed by atoms with van der Waals surface area (Å²) in [6.45, 7) is 9.85. The van der Waals surface area contributed by atoms with Gasteiger partial charge in [-0.1, -0.05) is 30.3 Å². The maximum atomic E-state index is 4.73. The molecule has 1 aliphatic rings. The smallest absolute Gasteiger partial charge is 0.225 e. The SMILES string of the molecule is CCNC(=NCCCN1CCN(c2ncccn2)CC1)NCCc1ccccc1.